The Morgan fingerprint density at radius 2 is 2.05 bits per heavy atom. The zero-order chi connectivity index (χ0) is 13.0. The van der Waals surface area contributed by atoms with Gasteiger partial charge in [-0.1, -0.05) is 12.2 Å². The third kappa shape index (κ3) is 4.24. The Bertz CT molecular complexity index is 302. The van der Waals surface area contributed by atoms with Crippen LogP contribution in [-0.2, 0) is 4.74 Å². The van der Waals surface area contributed by atoms with Crippen molar-refractivity contribution in [3.63, 3.8) is 0 Å². The van der Waals surface area contributed by atoms with Gasteiger partial charge in [-0.05, 0) is 68.9 Å². The third-order valence-corrected chi connectivity index (χ3v) is 5.65. The van der Waals surface area contributed by atoms with Crippen LogP contribution in [0.2, 0.25) is 0 Å². The Labute approximate surface area is 121 Å². The number of nitrogens with one attached hydrogen (secondary N) is 1. The first kappa shape index (κ1) is 14.0. The molecule has 1 unspecified atom stereocenters. The molecule has 108 valence electrons. The highest BCUT2D eigenvalue weighted by molar-refractivity contribution is 7.99. The van der Waals surface area contributed by atoms with Crippen LogP contribution in [0.4, 0.5) is 0 Å². The molecule has 0 aromatic carbocycles. The summed E-state index contributed by atoms with van der Waals surface area (Å²) in [5.74, 6) is 3.35. The van der Waals surface area contributed by atoms with Gasteiger partial charge in [0.2, 0.25) is 0 Å². The molecule has 19 heavy (non-hydrogen) atoms. The number of ether oxygens (including phenoxy) is 1. The molecule has 2 nitrogen and oxygen atoms in total. The maximum absolute atomic E-state index is 6.14. The quantitative estimate of drug-likeness (QED) is 0.616. The highest BCUT2D eigenvalue weighted by Gasteiger charge is 2.37. The Morgan fingerprint density at radius 1 is 1.21 bits per heavy atom. The Morgan fingerprint density at radius 3 is 2.84 bits per heavy atom. The van der Waals surface area contributed by atoms with Crippen molar-refractivity contribution < 1.29 is 4.74 Å². The summed E-state index contributed by atoms with van der Waals surface area (Å²) < 4.78 is 6.14. The molecule has 0 aromatic rings. The van der Waals surface area contributed by atoms with Crippen molar-refractivity contribution in [1.29, 1.82) is 0 Å². The molecular formula is C16H27NOS. The van der Waals surface area contributed by atoms with Crippen LogP contribution < -0.4 is 5.32 Å². The van der Waals surface area contributed by atoms with Crippen LogP contribution in [0.15, 0.2) is 12.2 Å². The van der Waals surface area contributed by atoms with Crippen molar-refractivity contribution >= 4 is 11.8 Å². The average molecular weight is 281 g/mol. The summed E-state index contributed by atoms with van der Waals surface area (Å²) in [4.78, 5) is 0. The van der Waals surface area contributed by atoms with Gasteiger partial charge in [-0.15, -0.1) is 0 Å². The van der Waals surface area contributed by atoms with Crippen molar-refractivity contribution in [2.45, 2.75) is 56.6 Å². The Balaban J connectivity index is 1.40. The van der Waals surface area contributed by atoms with Crippen LogP contribution >= 0.6 is 11.8 Å². The van der Waals surface area contributed by atoms with Gasteiger partial charge in [0.25, 0.3) is 0 Å². The van der Waals surface area contributed by atoms with Crippen molar-refractivity contribution in [3.8, 4) is 0 Å². The van der Waals surface area contributed by atoms with Crippen molar-refractivity contribution in [2.24, 2.45) is 5.92 Å². The second-order valence-electron chi connectivity index (χ2n) is 6.34. The van der Waals surface area contributed by atoms with E-state index >= 15 is 0 Å². The number of rotatable bonds is 5. The van der Waals surface area contributed by atoms with Crippen LogP contribution in [0.1, 0.15) is 44.9 Å². The van der Waals surface area contributed by atoms with E-state index in [0.29, 0.717) is 0 Å². The van der Waals surface area contributed by atoms with Crippen LogP contribution in [0.5, 0.6) is 0 Å². The van der Waals surface area contributed by atoms with Gasteiger partial charge in [-0.3, -0.25) is 0 Å². The summed E-state index contributed by atoms with van der Waals surface area (Å²) in [5.41, 5.74) is 0.241. The van der Waals surface area contributed by atoms with Crippen molar-refractivity contribution in [2.75, 3.05) is 24.7 Å². The van der Waals surface area contributed by atoms with Gasteiger partial charge in [0.1, 0.15) is 0 Å². The molecule has 1 atom stereocenters. The maximum atomic E-state index is 6.14. The van der Waals surface area contributed by atoms with Crippen LogP contribution in [-0.4, -0.2) is 36.3 Å². The molecule has 0 radical (unpaired) electrons. The Hall–Kier alpha value is 0.01000. The first-order valence-electron chi connectivity index (χ1n) is 7.98. The fourth-order valence-electron chi connectivity index (χ4n) is 3.27. The van der Waals surface area contributed by atoms with Crippen molar-refractivity contribution in [3.05, 3.63) is 12.2 Å². The molecule has 3 aliphatic rings. The molecule has 0 bridgehead atoms. The fraction of sp³-hybridized carbons (Fsp3) is 0.875. The first-order valence-corrected chi connectivity index (χ1v) is 9.14. The van der Waals surface area contributed by atoms with E-state index in [-0.39, 0.29) is 5.60 Å². The monoisotopic (exact) mass is 281 g/mol. The van der Waals surface area contributed by atoms with Gasteiger partial charge in [0.15, 0.2) is 0 Å². The lowest BCUT2D eigenvalue weighted by atomic mass is 9.82. The molecule has 0 amide bonds. The summed E-state index contributed by atoms with van der Waals surface area (Å²) in [6, 6.07) is 0.847. The van der Waals surface area contributed by atoms with Gasteiger partial charge >= 0.3 is 0 Å². The summed E-state index contributed by atoms with van der Waals surface area (Å²) in [5, 5.41) is 3.57. The molecule has 2 heterocycles. The molecule has 1 N–H and O–H groups in total. The lowest BCUT2D eigenvalue weighted by molar-refractivity contribution is -0.0949. The number of allylic oxidation sites excluding steroid dienone is 1. The summed E-state index contributed by atoms with van der Waals surface area (Å²) in [7, 11) is 0. The van der Waals surface area contributed by atoms with Crippen LogP contribution in [0.25, 0.3) is 0 Å². The predicted molar refractivity (Wildman–Crippen MR) is 82.7 cm³/mol. The smallest absolute Gasteiger partial charge is 0.0703 e. The first-order chi connectivity index (χ1) is 9.36. The molecular weight excluding hydrogens is 254 g/mol. The number of hydrogen-bond acceptors (Lipinski definition) is 3. The van der Waals surface area contributed by atoms with E-state index in [1.54, 1.807) is 0 Å². The summed E-state index contributed by atoms with van der Waals surface area (Å²) >= 11 is 2.09. The van der Waals surface area contributed by atoms with Crippen LogP contribution in [0.3, 0.4) is 0 Å². The average Bonchev–Trinajstić information content (AvgIpc) is 3.24. The molecule has 3 rings (SSSR count). The topological polar surface area (TPSA) is 21.3 Å². The van der Waals surface area contributed by atoms with E-state index in [0.717, 1.165) is 25.1 Å². The molecule has 1 aliphatic carbocycles. The lowest BCUT2D eigenvalue weighted by Gasteiger charge is -2.42. The van der Waals surface area contributed by atoms with E-state index in [4.69, 9.17) is 4.74 Å². The highest BCUT2D eigenvalue weighted by atomic mass is 32.2. The second kappa shape index (κ2) is 6.64. The minimum absolute atomic E-state index is 0.241. The van der Waals surface area contributed by atoms with E-state index < -0.39 is 0 Å². The van der Waals surface area contributed by atoms with Gasteiger partial charge in [0, 0.05) is 12.6 Å². The van der Waals surface area contributed by atoms with E-state index in [1.165, 1.54) is 56.5 Å². The maximum Gasteiger partial charge on any atom is 0.0703 e. The molecule has 1 saturated carbocycles. The highest BCUT2D eigenvalue weighted by Crippen LogP contribution is 2.40. The normalized spacial score (nSPS) is 31.1. The zero-order valence-electron chi connectivity index (χ0n) is 11.9. The van der Waals surface area contributed by atoms with Gasteiger partial charge in [-0.25, -0.2) is 0 Å². The summed E-state index contributed by atoms with van der Waals surface area (Å²) in [6.45, 7) is 2.13. The van der Waals surface area contributed by atoms with Gasteiger partial charge in [0.05, 0.1) is 5.60 Å². The van der Waals surface area contributed by atoms with E-state index in [9.17, 15) is 0 Å². The third-order valence-electron chi connectivity index (χ3n) is 4.66. The number of hydrogen-bond donors (Lipinski definition) is 1. The van der Waals surface area contributed by atoms with Gasteiger partial charge < -0.3 is 10.1 Å². The van der Waals surface area contributed by atoms with Gasteiger partial charge in [-0.2, -0.15) is 11.8 Å². The molecule has 1 spiro atoms. The minimum Gasteiger partial charge on any atom is -0.375 e. The molecule has 3 fully saturated rings. The largest absolute Gasteiger partial charge is 0.375 e. The summed E-state index contributed by atoms with van der Waals surface area (Å²) in [6.07, 6.45) is 13.9. The molecule has 3 heteroatoms. The fourth-order valence-corrected chi connectivity index (χ4v) is 4.51. The van der Waals surface area contributed by atoms with Crippen LogP contribution in [0, 0.1) is 5.92 Å². The minimum atomic E-state index is 0.241. The predicted octanol–water partition coefficient (Wildman–Crippen LogP) is 3.38. The standard InChI is InChI=1S/C16H27NOS/c1(2-9-17-15-4-5-15)3-14-6-10-18-16(13-14)7-11-19-12-8-16/h1,3,14-15,17H,2,4-13H2. The molecule has 2 aliphatic heterocycles. The number of thioether (sulfide) groups is 1. The van der Waals surface area contributed by atoms with E-state index in [1.807, 2.05) is 0 Å². The molecule has 2 saturated heterocycles. The van der Waals surface area contributed by atoms with E-state index in [2.05, 4.69) is 29.2 Å². The second-order valence-corrected chi connectivity index (χ2v) is 7.57. The SMILES string of the molecule is C(=CC1CCOC2(CCSCC2)C1)CCNC1CC1. The zero-order valence-corrected chi connectivity index (χ0v) is 12.7. The Kier molecular flexibility index (Phi) is 4.88. The lowest BCUT2D eigenvalue weighted by Crippen LogP contribution is -2.42. The van der Waals surface area contributed by atoms with Crippen molar-refractivity contribution in [1.82, 2.24) is 5.32 Å². The molecule has 0 aromatic heterocycles.